The lowest BCUT2D eigenvalue weighted by Gasteiger charge is -2.35. The van der Waals surface area contributed by atoms with E-state index in [-0.39, 0.29) is 11.5 Å². The second-order valence-corrected chi connectivity index (χ2v) is 10.2. The third-order valence-corrected chi connectivity index (χ3v) is 7.52. The minimum Gasteiger partial charge on any atom is -0.369 e. The Kier molecular flexibility index (Phi) is 6.70. The number of piperazine rings is 1. The Morgan fingerprint density at radius 3 is 2.08 bits per heavy atom. The molecule has 1 aliphatic heterocycles. The molecule has 1 heterocycles. The predicted molar refractivity (Wildman–Crippen MR) is 102 cm³/mol. The minimum absolute atomic E-state index is 0.124. The average molecular weight is 390 g/mol. The molecule has 0 unspecified atom stereocenters. The van der Waals surface area contributed by atoms with Crippen molar-refractivity contribution >= 4 is 31.4 Å². The highest BCUT2D eigenvalue weighted by molar-refractivity contribution is 7.92. The molecule has 1 aromatic carbocycles. The number of unbranched alkanes of at least 4 members (excludes halogenated alkanes) is 1. The van der Waals surface area contributed by atoms with Crippen LogP contribution >= 0.6 is 0 Å². The van der Waals surface area contributed by atoms with Crippen LogP contribution in [0.5, 0.6) is 0 Å². The summed E-state index contributed by atoms with van der Waals surface area (Å²) in [5.74, 6) is 0.249. The number of anilines is 2. The molecule has 1 saturated heterocycles. The standard InChI is InChI=1S/C16H27N3O4S2/c1-3-5-14-24(20,21)17-15-6-8-16(9-7-15)18-10-12-19(13-11-18)25(22,23)4-2/h6-9,17H,3-5,10-14H2,1-2H3. The summed E-state index contributed by atoms with van der Waals surface area (Å²) in [5.41, 5.74) is 1.51. The van der Waals surface area contributed by atoms with Crippen molar-refractivity contribution in [2.24, 2.45) is 0 Å². The summed E-state index contributed by atoms with van der Waals surface area (Å²) in [6.45, 7) is 5.81. The first-order valence-corrected chi connectivity index (χ1v) is 11.9. The van der Waals surface area contributed by atoms with Crippen molar-refractivity contribution < 1.29 is 16.8 Å². The molecule has 2 rings (SSSR count). The molecule has 0 atom stereocenters. The summed E-state index contributed by atoms with van der Waals surface area (Å²) >= 11 is 0. The van der Waals surface area contributed by atoms with Gasteiger partial charge in [-0.1, -0.05) is 13.3 Å². The predicted octanol–water partition coefficient (Wildman–Crippen LogP) is 1.70. The molecule has 1 aliphatic rings. The average Bonchev–Trinajstić information content (AvgIpc) is 2.60. The second kappa shape index (κ2) is 8.37. The molecule has 9 heteroatoms. The number of nitrogens with zero attached hydrogens (tertiary/aromatic N) is 2. The highest BCUT2D eigenvalue weighted by Gasteiger charge is 2.25. The molecule has 7 nitrogen and oxygen atoms in total. The highest BCUT2D eigenvalue weighted by atomic mass is 32.2. The van der Waals surface area contributed by atoms with Gasteiger partial charge in [0.15, 0.2) is 0 Å². The SMILES string of the molecule is CCCCS(=O)(=O)Nc1ccc(N2CCN(S(=O)(=O)CC)CC2)cc1. The Morgan fingerprint density at radius 1 is 0.960 bits per heavy atom. The third-order valence-electron chi connectivity index (χ3n) is 4.27. The first-order valence-electron chi connectivity index (χ1n) is 8.60. The third kappa shape index (κ3) is 5.58. The maximum absolute atomic E-state index is 11.9. The summed E-state index contributed by atoms with van der Waals surface area (Å²) in [5, 5.41) is 0. The summed E-state index contributed by atoms with van der Waals surface area (Å²) in [4.78, 5) is 2.11. The van der Waals surface area contributed by atoms with Crippen molar-refractivity contribution in [3.8, 4) is 0 Å². The summed E-state index contributed by atoms with van der Waals surface area (Å²) in [6.07, 6.45) is 1.47. The zero-order valence-corrected chi connectivity index (χ0v) is 16.4. The van der Waals surface area contributed by atoms with Gasteiger partial charge in [-0.3, -0.25) is 4.72 Å². The van der Waals surface area contributed by atoms with E-state index in [1.165, 1.54) is 4.31 Å². The van der Waals surface area contributed by atoms with Crippen LogP contribution in [0.2, 0.25) is 0 Å². The van der Waals surface area contributed by atoms with Crippen LogP contribution in [0, 0.1) is 0 Å². The first kappa shape index (κ1) is 20.0. The van der Waals surface area contributed by atoms with Crippen molar-refractivity contribution in [3.63, 3.8) is 0 Å². The van der Waals surface area contributed by atoms with E-state index in [0.717, 1.165) is 12.1 Å². The van der Waals surface area contributed by atoms with E-state index < -0.39 is 20.0 Å². The van der Waals surface area contributed by atoms with Gasteiger partial charge in [-0.2, -0.15) is 4.31 Å². The zero-order valence-electron chi connectivity index (χ0n) is 14.8. The van der Waals surface area contributed by atoms with Gasteiger partial charge in [-0.15, -0.1) is 0 Å². The van der Waals surface area contributed by atoms with Gasteiger partial charge >= 0.3 is 0 Å². The lowest BCUT2D eigenvalue weighted by molar-refractivity contribution is 0.385. The van der Waals surface area contributed by atoms with E-state index >= 15 is 0 Å². The molecular weight excluding hydrogens is 362 g/mol. The van der Waals surface area contributed by atoms with E-state index in [1.807, 2.05) is 19.1 Å². The maximum Gasteiger partial charge on any atom is 0.232 e. The molecule has 0 aromatic heterocycles. The van der Waals surface area contributed by atoms with E-state index in [1.54, 1.807) is 19.1 Å². The maximum atomic E-state index is 11.9. The number of hydrogen-bond donors (Lipinski definition) is 1. The molecule has 0 aliphatic carbocycles. The van der Waals surface area contributed by atoms with Crippen molar-refractivity contribution in [3.05, 3.63) is 24.3 Å². The molecule has 1 fully saturated rings. The first-order chi connectivity index (χ1) is 11.8. The van der Waals surface area contributed by atoms with Crippen LogP contribution in [0.15, 0.2) is 24.3 Å². The van der Waals surface area contributed by atoms with Crippen LogP contribution < -0.4 is 9.62 Å². The fourth-order valence-corrected chi connectivity index (χ4v) is 5.06. The Morgan fingerprint density at radius 2 is 1.56 bits per heavy atom. The fourth-order valence-electron chi connectivity index (χ4n) is 2.71. The summed E-state index contributed by atoms with van der Waals surface area (Å²) in [6, 6.07) is 7.21. The van der Waals surface area contributed by atoms with Crippen LogP contribution in [0.4, 0.5) is 11.4 Å². The van der Waals surface area contributed by atoms with Crippen molar-refractivity contribution in [2.45, 2.75) is 26.7 Å². The molecule has 142 valence electrons. The monoisotopic (exact) mass is 389 g/mol. The largest absolute Gasteiger partial charge is 0.369 e. The number of rotatable bonds is 8. The quantitative estimate of drug-likeness (QED) is 0.731. The van der Waals surface area contributed by atoms with E-state index in [4.69, 9.17) is 0 Å². The number of nitrogens with one attached hydrogen (secondary N) is 1. The van der Waals surface area contributed by atoms with Crippen LogP contribution in [-0.2, 0) is 20.0 Å². The summed E-state index contributed by atoms with van der Waals surface area (Å²) < 4.78 is 51.7. The number of benzene rings is 1. The molecule has 25 heavy (non-hydrogen) atoms. The Bertz CT molecular complexity index is 753. The lowest BCUT2D eigenvalue weighted by Crippen LogP contribution is -2.49. The number of sulfonamides is 2. The van der Waals surface area contributed by atoms with Gasteiger partial charge in [0, 0.05) is 37.6 Å². The van der Waals surface area contributed by atoms with Crippen molar-refractivity contribution in [2.75, 3.05) is 47.3 Å². The minimum atomic E-state index is -3.30. The van der Waals surface area contributed by atoms with Crippen LogP contribution in [0.25, 0.3) is 0 Å². The zero-order chi connectivity index (χ0) is 18.5. The van der Waals surface area contributed by atoms with E-state index in [9.17, 15) is 16.8 Å². The van der Waals surface area contributed by atoms with Gasteiger partial charge in [0.1, 0.15) is 0 Å². The second-order valence-electron chi connectivity index (χ2n) is 6.11. The molecule has 0 spiro atoms. The Hall–Kier alpha value is -1.32. The van der Waals surface area contributed by atoms with Crippen molar-refractivity contribution in [1.29, 1.82) is 0 Å². The molecule has 1 aromatic rings. The molecule has 0 amide bonds. The van der Waals surface area contributed by atoms with E-state index in [2.05, 4.69) is 9.62 Å². The lowest BCUT2D eigenvalue weighted by atomic mass is 10.2. The van der Waals surface area contributed by atoms with Gasteiger partial charge in [-0.25, -0.2) is 16.8 Å². The van der Waals surface area contributed by atoms with Gasteiger partial charge in [0.25, 0.3) is 0 Å². The van der Waals surface area contributed by atoms with Gasteiger partial charge in [0.05, 0.1) is 11.5 Å². The van der Waals surface area contributed by atoms with Crippen LogP contribution in [-0.4, -0.2) is 58.8 Å². The van der Waals surface area contributed by atoms with E-state index in [0.29, 0.717) is 38.3 Å². The van der Waals surface area contributed by atoms with Crippen LogP contribution in [0.1, 0.15) is 26.7 Å². The van der Waals surface area contributed by atoms with Gasteiger partial charge in [0.2, 0.25) is 20.0 Å². The topological polar surface area (TPSA) is 86.8 Å². The van der Waals surface area contributed by atoms with Gasteiger partial charge in [-0.05, 0) is 37.6 Å². The highest BCUT2D eigenvalue weighted by Crippen LogP contribution is 2.21. The number of hydrogen-bond acceptors (Lipinski definition) is 5. The van der Waals surface area contributed by atoms with Crippen molar-refractivity contribution in [1.82, 2.24) is 4.31 Å². The smallest absolute Gasteiger partial charge is 0.232 e. The van der Waals surface area contributed by atoms with Crippen LogP contribution in [0.3, 0.4) is 0 Å². The summed E-state index contributed by atoms with van der Waals surface area (Å²) in [7, 11) is -6.43. The molecule has 0 radical (unpaired) electrons. The Labute approximate surface area is 151 Å². The molecule has 0 bridgehead atoms. The molecule has 1 N–H and O–H groups in total. The fraction of sp³-hybridized carbons (Fsp3) is 0.625. The Balaban J connectivity index is 1.95. The molecular formula is C16H27N3O4S2. The van der Waals surface area contributed by atoms with Gasteiger partial charge < -0.3 is 4.90 Å². The molecule has 0 saturated carbocycles. The normalized spacial score (nSPS) is 16.8.